The van der Waals surface area contributed by atoms with Crippen LogP contribution in [0.5, 0.6) is 0 Å². The highest BCUT2D eigenvalue weighted by molar-refractivity contribution is 6.09. The van der Waals surface area contributed by atoms with Crippen molar-refractivity contribution in [2.75, 3.05) is 12.0 Å². The summed E-state index contributed by atoms with van der Waals surface area (Å²) in [6.07, 6.45) is 6.36. The number of aromatic nitrogens is 1. The lowest BCUT2D eigenvalue weighted by molar-refractivity contribution is -0.123. The highest BCUT2D eigenvalue weighted by Gasteiger charge is 2.35. The molecule has 0 saturated heterocycles. The van der Waals surface area contributed by atoms with Crippen LogP contribution in [0.25, 0.3) is 0 Å². The lowest BCUT2D eigenvalue weighted by Gasteiger charge is -2.33. The number of hydrogen-bond acceptors (Lipinski definition) is 5. The van der Waals surface area contributed by atoms with Crippen LogP contribution >= 0.6 is 0 Å². The van der Waals surface area contributed by atoms with Crippen molar-refractivity contribution in [2.24, 2.45) is 0 Å². The molecule has 1 heterocycles. The Labute approximate surface area is 209 Å². The first-order chi connectivity index (χ1) is 17.5. The quantitative estimate of drug-likeness (QED) is 0.480. The number of pyridine rings is 1. The number of halogens is 1. The van der Waals surface area contributed by atoms with Gasteiger partial charge in [0.25, 0.3) is 5.91 Å². The van der Waals surface area contributed by atoms with Crippen LogP contribution < -0.4 is 10.2 Å². The number of hydrogen-bond donors (Lipinski definition) is 1. The lowest BCUT2D eigenvalue weighted by atomic mass is 9.94. The first kappa shape index (κ1) is 25.0. The Kier molecular flexibility index (Phi) is 8.05. The minimum Gasteiger partial charge on any atom is -0.465 e. The molecule has 2 amide bonds. The highest BCUT2D eigenvalue weighted by atomic mass is 19.1. The molecule has 1 fully saturated rings. The van der Waals surface area contributed by atoms with Gasteiger partial charge in [0, 0.05) is 17.9 Å². The third-order valence-corrected chi connectivity index (χ3v) is 6.29. The Hall–Kier alpha value is -4.07. The molecule has 1 aliphatic rings. The second kappa shape index (κ2) is 11.6. The van der Waals surface area contributed by atoms with Gasteiger partial charge in [-0.2, -0.15) is 0 Å². The molecular weight excluding hydrogens is 461 g/mol. The normalized spacial score (nSPS) is 14.5. The topological polar surface area (TPSA) is 88.6 Å². The predicted octanol–water partition coefficient (Wildman–Crippen LogP) is 4.84. The van der Waals surface area contributed by atoms with Gasteiger partial charge in [-0.3, -0.25) is 19.5 Å². The number of carbonyl (C=O) groups excluding carboxylic acids is 3. The molecule has 3 aromatic rings. The van der Waals surface area contributed by atoms with Crippen molar-refractivity contribution >= 4 is 23.5 Å². The Morgan fingerprint density at radius 2 is 1.75 bits per heavy atom. The number of nitrogens with one attached hydrogen (secondary N) is 1. The minimum atomic E-state index is -1.13. The summed E-state index contributed by atoms with van der Waals surface area (Å²) < 4.78 is 18.7. The van der Waals surface area contributed by atoms with E-state index in [2.05, 4.69) is 10.3 Å². The standard InChI is InChI=1S/C28H28FN3O4/c1-36-28(35)20-8-7-11-23(18-20)32(27(34)24-12-5-6-17-30-24)25(19-13-15-21(29)16-14-19)26(33)31-22-9-3-2-4-10-22/h5-8,11-18,22,25H,2-4,9-10H2,1H3,(H,31,33). The van der Waals surface area contributed by atoms with Crippen LogP contribution in [0, 0.1) is 5.82 Å². The molecular formula is C28H28FN3O4. The molecule has 7 nitrogen and oxygen atoms in total. The van der Waals surface area contributed by atoms with Crippen LogP contribution in [0.1, 0.15) is 64.6 Å². The van der Waals surface area contributed by atoms with Crippen LogP contribution in [0.2, 0.25) is 0 Å². The van der Waals surface area contributed by atoms with E-state index in [0.29, 0.717) is 11.3 Å². The minimum absolute atomic E-state index is 0.0117. The van der Waals surface area contributed by atoms with E-state index in [-0.39, 0.29) is 23.2 Å². The number of amides is 2. The number of rotatable bonds is 7. The first-order valence-electron chi connectivity index (χ1n) is 12.0. The molecule has 1 N–H and O–H groups in total. The average Bonchev–Trinajstić information content (AvgIpc) is 2.92. The monoisotopic (exact) mass is 489 g/mol. The molecule has 1 atom stereocenters. The molecule has 1 saturated carbocycles. The van der Waals surface area contributed by atoms with Crippen LogP contribution in [-0.2, 0) is 9.53 Å². The number of benzene rings is 2. The number of esters is 1. The van der Waals surface area contributed by atoms with E-state index in [9.17, 15) is 18.8 Å². The van der Waals surface area contributed by atoms with E-state index in [1.165, 1.54) is 48.5 Å². The Bertz CT molecular complexity index is 1210. The summed E-state index contributed by atoms with van der Waals surface area (Å²) in [4.78, 5) is 45.4. The van der Waals surface area contributed by atoms with E-state index >= 15 is 0 Å². The third-order valence-electron chi connectivity index (χ3n) is 6.29. The fourth-order valence-electron chi connectivity index (χ4n) is 4.49. The van der Waals surface area contributed by atoms with E-state index < -0.39 is 23.7 Å². The van der Waals surface area contributed by atoms with Crippen molar-refractivity contribution in [3.05, 3.63) is 95.6 Å². The van der Waals surface area contributed by atoms with Gasteiger partial charge >= 0.3 is 5.97 Å². The molecule has 186 valence electrons. The average molecular weight is 490 g/mol. The van der Waals surface area contributed by atoms with Crippen molar-refractivity contribution in [3.63, 3.8) is 0 Å². The largest absolute Gasteiger partial charge is 0.465 e. The summed E-state index contributed by atoms with van der Waals surface area (Å²) in [6, 6.07) is 15.6. The van der Waals surface area contributed by atoms with Gasteiger partial charge in [-0.1, -0.05) is 43.5 Å². The van der Waals surface area contributed by atoms with Crippen LogP contribution in [0.4, 0.5) is 10.1 Å². The zero-order valence-corrected chi connectivity index (χ0v) is 20.0. The molecule has 1 aromatic heterocycles. The zero-order chi connectivity index (χ0) is 25.5. The highest BCUT2D eigenvalue weighted by Crippen LogP contribution is 2.31. The second-order valence-corrected chi connectivity index (χ2v) is 8.73. The molecule has 0 aliphatic heterocycles. The molecule has 1 aliphatic carbocycles. The Morgan fingerprint density at radius 1 is 1.00 bits per heavy atom. The maximum Gasteiger partial charge on any atom is 0.337 e. The number of methoxy groups -OCH3 is 1. The first-order valence-corrected chi connectivity index (χ1v) is 12.0. The van der Waals surface area contributed by atoms with Crippen molar-refractivity contribution in [1.29, 1.82) is 0 Å². The van der Waals surface area contributed by atoms with Crippen molar-refractivity contribution in [1.82, 2.24) is 10.3 Å². The van der Waals surface area contributed by atoms with Gasteiger partial charge in [-0.15, -0.1) is 0 Å². The SMILES string of the molecule is COC(=O)c1cccc(N(C(=O)c2ccccn2)C(C(=O)NC2CCCCC2)c2ccc(F)cc2)c1. The molecule has 2 aromatic carbocycles. The van der Waals surface area contributed by atoms with Crippen molar-refractivity contribution in [3.8, 4) is 0 Å². The van der Waals surface area contributed by atoms with Gasteiger partial charge in [0.2, 0.25) is 5.91 Å². The van der Waals surface area contributed by atoms with Gasteiger partial charge < -0.3 is 10.1 Å². The fourth-order valence-corrected chi connectivity index (χ4v) is 4.49. The van der Waals surface area contributed by atoms with Crippen molar-refractivity contribution < 1.29 is 23.5 Å². The van der Waals surface area contributed by atoms with E-state index in [1.807, 2.05) is 0 Å². The third kappa shape index (κ3) is 5.76. The molecule has 0 spiro atoms. The Balaban J connectivity index is 1.83. The van der Waals surface area contributed by atoms with E-state index in [0.717, 1.165) is 32.1 Å². The molecule has 0 radical (unpaired) electrons. The van der Waals surface area contributed by atoms with Gasteiger partial charge in [-0.05, 0) is 60.9 Å². The summed E-state index contributed by atoms with van der Waals surface area (Å²) in [5, 5.41) is 3.10. The molecule has 8 heteroatoms. The van der Waals surface area contributed by atoms with Gasteiger partial charge in [0.1, 0.15) is 17.6 Å². The summed E-state index contributed by atoms with van der Waals surface area (Å²) in [7, 11) is 1.27. The molecule has 0 bridgehead atoms. The summed E-state index contributed by atoms with van der Waals surface area (Å²) in [5.74, 6) is -1.96. The van der Waals surface area contributed by atoms with Crippen LogP contribution in [0.15, 0.2) is 72.9 Å². The van der Waals surface area contributed by atoms with Crippen LogP contribution in [0.3, 0.4) is 0 Å². The second-order valence-electron chi connectivity index (χ2n) is 8.73. The predicted molar refractivity (Wildman–Crippen MR) is 133 cm³/mol. The summed E-state index contributed by atoms with van der Waals surface area (Å²) in [5.41, 5.74) is 1.08. The van der Waals surface area contributed by atoms with E-state index in [1.54, 1.807) is 36.4 Å². The maximum atomic E-state index is 13.9. The molecule has 4 rings (SSSR count). The van der Waals surface area contributed by atoms with Gasteiger partial charge in [0.15, 0.2) is 0 Å². The Morgan fingerprint density at radius 3 is 2.42 bits per heavy atom. The lowest BCUT2D eigenvalue weighted by Crippen LogP contribution is -2.47. The molecule has 36 heavy (non-hydrogen) atoms. The maximum absolute atomic E-state index is 13.9. The summed E-state index contributed by atoms with van der Waals surface area (Å²) >= 11 is 0. The van der Waals surface area contributed by atoms with Gasteiger partial charge in [-0.25, -0.2) is 9.18 Å². The summed E-state index contributed by atoms with van der Waals surface area (Å²) in [6.45, 7) is 0. The number of anilines is 1. The zero-order valence-electron chi connectivity index (χ0n) is 20.0. The molecule has 1 unspecified atom stereocenters. The van der Waals surface area contributed by atoms with Crippen molar-refractivity contribution in [2.45, 2.75) is 44.2 Å². The van der Waals surface area contributed by atoms with Crippen LogP contribution in [-0.4, -0.2) is 35.9 Å². The number of ether oxygens (including phenoxy) is 1. The van der Waals surface area contributed by atoms with E-state index in [4.69, 9.17) is 4.74 Å². The van der Waals surface area contributed by atoms with Gasteiger partial charge in [0.05, 0.1) is 12.7 Å². The number of nitrogens with zero attached hydrogens (tertiary/aromatic N) is 2. The number of carbonyl (C=O) groups is 3. The fraction of sp³-hybridized carbons (Fsp3) is 0.286. The smallest absolute Gasteiger partial charge is 0.337 e.